The molecule has 106 valence electrons. The Hall–Kier alpha value is -2.21. The highest BCUT2D eigenvalue weighted by molar-refractivity contribution is 5.73. The van der Waals surface area contributed by atoms with Gasteiger partial charge >= 0.3 is 5.97 Å². The van der Waals surface area contributed by atoms with E-state index in [2.05, 4.69) is 15.5 Å². The quantitative estimate of drug-likeness (QED) is 0.833. The van der Waals surface area contributed by atoms with E-state index in [1.165, 1.54) is 4.80 Å². The first-order valence-corrected chi connectivity index (χ1v) is 6.50. The summed E-state index contributed by atoms with van der Waals surface area (Å²) in [5.74, 6) is -0.841. The number of rotatable bonds is 6. The molecule has 1 unspecified atom stereocenters. The third kappa shape index (κ3) is 3.42. The maximum absolute atomic E-state index is 11.1. The Morgan fingerprint density at radius 2 is 2.05 bits per heavy atom. The lowest BCUT2D eigenvalue weighted by Crippen LogP contribution is -2.40. The summed E-state index contributed by atoms with van der Waals surface area (Å²) >= 11 is 0. The largest absolute Gasteiger partial charge is 0.480 e. The van der Waals surface area contributed by atoms with Crippen molar-refractivity contribution in [2.75, 3.05) is 0 Å². The number of nitrogens with one attached hydrogen (secondary N) is 1. The summed E-state index contributed by atoms with van der Waals surface area (Å²) in [4.78, 5) is 12.6. The number of carboxylic acids is 1. The van der Waals surface area contributed by atoms with Crippen LogP contribution < -0.4 is 5.32 Å². The van der Waals surface area contributed by atoms with Crippen LogP contribution in [0.25, 0.3) is 5.69 Å². The minimum atomic E-state index is -0.851. The zero-order valence-corrected chi connectivity index (χ0v) is 11.5. The van der Waals surface area contributed by atoms with Crippen LogP contribution in [-0.2, 0) is 11.3 Å². The molecule has 0 fully saturated rings. The minimum absolute atomic E-state index is 0.0108. The van der Waals surface area contributed by atoms with Gasteiger partial charge in [-0.3, -0.25) is 10.1 Å². The number of benzene rings is 1. The summed E-state index contributed by atoms with van der Waals surface area (Å²) in [6.45, 7) is 4.11. The molecular formula is C14H18N4O2. The van der Waals surface area contributed by atoms with Gasteiger partial charge in [-0.2, -0.15) is 15.0 Å². The number of nitrogens with zero attached hydrogens (tertiary/aromatic N) is 3. The lowest BCUT2D eigenvalue weighted by Gasteiger charge is -2.16. The standard InChI is InChI=1S/C14H18N4O2/c1-10(2)13(14(19)20)15-8-11-9-16-18(17-11)12-6-4-3-5-7-12/h3-7,9-10,13,15H,8H2,1-2H3,(H,19,20). The number of carboxylic acid groups (broad SMARTS) is 1. The molecule has 0 aliphatic heterocycles. The van der Waals surface area contributed by atoms with Crippen molar-refractivity contribution in [3.05, 3.63) is 42.2 Å². The molecule has 20 heavy (non-hydrogen) atoms. The van der Waals surface area contributed by atoms with E-state index >= 15 is 0 Å². The Kier molecular flexibility index (Phi) is 4.47. The van der Waals surface area contributed by atoms with Crippen LogP contribution in [0.5, 0.6) is 0 Å². The van der Waals surface area contributed by atoms with Crippen LogP contribution in [-0.4, -0.2) is 32.1 Å². The Labute approximate surface area is 117 Å². The predicted molar refractivity (Wildman–Crippen MR) is 74.5 cm³/mol. The van der Waals surface area contributed by atoms with Gasteiger partial charge < -0.3 is 5.11 Å². The molecule has 0 saturated carbocycles. The fourth-order valence-electron chi connectivity index (χ4n) is 1.88. The third-order valence-corrected chi connectivity index (χ3v) is 2.96. The number of aliphatic carboxylic acids is 1. The number of hydrogen-bond donors (Lipinski definition) is 2. The number of aromatic nitrogens is 3. The lowest BCUT2D eigenvalue weighted by atomic mass is 10.1. The summed E-state index contributed by atoms with van der Waals surface area (Å²) in [5, 5.41) is 20.6. The summed E-state index contributed by atoms with van der Waals surface area (Å²) < 4.78 is 0. The molecule has 0 spiro atoms. The molecule has 6 heteroatoms. The molecule has 1 aromatic carbocycles. The molecular weight excluding hydrogens is 256 g/mol. The van der Waals surface area contributed by atoms with Crippen molar-refractivity contribution >= 4 is 5.97 Å². The summed E-state index contributed by atoms with van der Waals surface area (Å²) in [6.07, 6.45) is 1.64. The molecule has 0 saturated heterocycles. The van der Waals surface area contributed by atoms with Gasteiger partial charge in [0.25, 0.3) is 0 Å². The molecule has 1 aromatic heterocycles. The Balaban J connectivity index is 2.02. The van der Waals surface area contributed by atoms with Gasteiger partial charge in [0.1, 0.15) is 6.04 Å². The monoisotopic (exact) mass is 274 g/mol. The maximum atomic E-state index is 11.1. The molecule has 6 nitrogen and oxygen atoms in total. The van der Waals surface area contributed by atoms with Crippen molar-refractivity contribution in [1.29, 1.82) is 0 Å². The Morgan fingerprint density at radius 1 is 1.35 bits per heavy atom. The van der Waals surface area contributed by atoms with Gasteiger partial charge in [0.15, 0.2) is 0 Å². The fourth-order valence-corrected chi connectivity index (χ4v) is 1.88. The fraction of sp³-hybridized carbons (Fsp3) is 0.357. The van der Waals surface area contributed by atoms with Gasteiger partial charge in [-0.15, -0.1) is 0 Å². The molecule has 0 bridgehead atoms. The van der Waals surface area contributed by atoms with Gasteiger partial charge in [0, 0.05) is 6.54 Å². The zero-order chi connectivity index (χ0) is 14.5. The average molecular weight is 274 g/mol. The van der Waals surface area contributed by atoms with Crippen molar-refractivity contribution in [3.63, 3.8) is 0 Å². The van der Waals surface area contributed by atoms with E-state index in [4.69, 9.17) is 5.11 Å². The van der Waals surface area contributed by atoms with Gasteiger partial charge in [-0.1, -0.05) is 32.0 Å². The molecule has 0 radical (unpaired) electrons. The SMILES string of the molecule is CC(C)C(NCc1cnn(-c2ccccc2)n1)C(=O)O. The second-order valence-corrected chi connectivity index (χ2v) is 4.90. The third-order valence-electron chi connectivity index (χ3n) is 2.96. The minimum Gasteiger partial charge on any atom is -0.480 e. The molecule has 2 aromatic rings. The van der Waals surface area contributed by atoms with Crippen molar-refractivity contribution in [3.8, 4) is 5.69 Å². The highest BCUT2D eigenvalue weighted by Crippen LogP contribution is 2.06. The van der Waals surface area contributed by atoms with Crippen LogP contribution in [0.1, 0.15) is 19.5 Å². The van der Waals surface area contributed by atoms with E-state index < -0.39 is 12.0 Å². The van der Waals surface area contributed by atoms with E-state index in [1.54, 1.807) is 6.20 Å². The van der Waals surface area contributed by atoms with Gasteiger partial charge in [0.05, 0.1) is 17.6 Å². The first-order valence-electron chi connectivity index (χ1n) is 6.50. The number of hydrogen-bond acceptors (Lipinski definition) is 4. The van der Waals surface area contributed by atoms with E-state index in [-0.39, 0.29) is 5.92 Å². The molecule has 2 N–H and O–H groups in total. The molecule has 0 aliphatic rings. The topological polar surface area (TPSA) is 80.0 Å². The van der Waals surface area contributed by atoms with Crippen molar-refractivity contribution in [1.82, 2.24) is 20.3 Å². The molecule has 0 amide bonds. The smallest absolute Gasteiger partial charge is 0.320 e. The summed E-state index contributed by atoms with van der Waals surface area (Å²) in [6, 6.07) is 8.98. The van der Waals surface area contributed by atoms with Crippen molar-refractivity contribution < 1.29 is 9.90 Å². The summed E-state index contributed by atoms with van der Waals surface area (Å²) in [5.41, 5.74) is 1.58. The summed E-state index contributed by atoms with van der Waals surface area (Å²) in [7, 11) is 0. The predicted octanol–water partition coefficient (Wildman–Crippen LogP) is 1.47. The second-order valence-electron chi connectivity index (χ2n) is 4.90. The van der Waals surface area contributed by atoms with Gasteiger partial charge in [0.2, 0.25) is 0 Å². The molecule has 0 aliphatic carbocycles. The number of para-hydroxylation sites is 1. The van der Waals surface area contributed by atoms with Crippen LogP contribution in [0.15, 0.2) is 36.5 Å². The van der Waals surface area contributed by atoms with E-state index in [9.17, 15) is 4.79 Å². The highest BCUT2D eigenvalue weighted by Gasteiger charge is 2.20. The van der Waals surface area contributed by atoms with Crippen molar-refractivity contribution in [2.45, 2.75) is 26.4 Å². The van der Waals surface area contributed by atoms with Gasteiger partial charge in [-0.05, 0) is 18.1 Å². The van der Waals surface area contributed by atoms with Crippen LogP contribution in [0.4, 0.5) is 0 Å². The molecule has 1 atom stereocenters. The van der Waals surface area contributed by atoms with Crippen LogP contribution >= 0.6 is 0 Å². The van der Waals surface area contributed by atoms with E-state index in [0.717, 1.165) is 5.69 Å². The zero-order valence-electron chi connectivity index (χ0n) is 11.5. The van der Waals surface area contributed by atoms with Crippen LogP contribution in [0.2, 0.25) is 0 Å². The first kappa shape index (κ1) is 14.2. The average Bonchev–Trinajstić information content (AvgIpc) is 2.88. The highest BCUT2D eigenvalue weighted by atomic mass is 16.4. The normalized spacial score (nSPS) is 12.6. The van der Waals surface area contributed by atoms with E-state index in [1.807, 2.05) is 44.2 Å². The Bertz CT molecular complexity index is 566. The first-order chi connectivity index (χ1) is 9.58. The number of carbonyl (C=O) groups is 1. The van der Waals surface area contributed by atoms with Crippen LogP contribution in [0, 0.1) is 5.92 Å². The molecule has 1 heterocycles. The molecule has 2 rings (SSSR count). The van der Waals surface area contributed by atoms with Crippen molar-refractivity contribution in [2.24, 2.45) is 5.92 Å². The maximum Gasteiger partial charge on any atom is 0.320 e. The lowest BCUT2D eigenvalue weighted by molar-refractivity contribution is -0.140. The Morgan fingerprint density at radius 3 is 2.65 bits per heavy atom. The van der Waals surface area contributed by atoms with E-state index in [0.29, 0.717) is 12.2 Å². The second kappa shape index (κ2) is 6.29. The van der Waals surface area contributed by atoms with Crippen LogP contribution in [0.3, 0.4) is 0 Å². The van der Waals surface area contributed by atoms with Gasteiger partial charge in [-0.25, -0.2) is 0 Å².